The fourth-order valence-corrected chi connectivity index (χ4v) is 2.47. The molecular weight excluding hydrogens is 254 g/mol. The fraction of sp³-hybridized carbons (Fsp3) is 0.533. The molecule has 2 rings (SSSR count). The Morgan fingerprint density at radius 1 is 1.30 bits per heavy atom. The first kappa shape index (κ1) is 14.7. The summed E-state index contributed by atoms with van der Waals surface area (Å²) in [6.07, 6.45) is 0.686. The van der Waals surface area contributed by atoms with Gasteiger partial charge < -0.3 is 20.3 Å². The number of nitrogens with two attached hydrogens (primary N) is 1. The van der Waals surface area contributed by atoms with E-state index in [9.17, 15) is 4.79 Å². The molecule has 0 bridgehead atoms. The largest absolute Gasteiger partial charge is 0.495 e. The van der Waals surface area contributed by atoms with Crippen LogP contribution >= 0.6 is 0 Å². The molecule has 1 aliphatic heterocycles. The van der Waals surface area contributed by atoms with Gasteiger partial charge >= 0.3 is 0 Å². The lowest BCUT2D eigenvalue weighted by atomic mass is 10.2. The predicted octanol–water partition coefficient (Wildman–Crippen LogP) is 1.08. The molecule has 1 saturated heterocycles. The molecule has 20 heavy (non-hydrogen) atoms. The summed E-state index contributed by atoms with van der Waals surface area (Å²) >= 11 is 0. The molecule has 0 aromatic heterocycles. The normalized spacial score (nSPS) is 16.9. The molecule has 0 radical (unpaired) electrons. The number of amides is 1. The summed E-state index contributed by atoms with van der Waals surface area (Å²) in [4.78, 5) is 16.2. The highest BCUT2D eigenvalue weighted by Gasteiger charge is 2.25. The highest BCUT2D eigenvalue weighted by Crippen LogP contribution is 2.28. The molecule has 1 heterocycles. The van der Waals surface area contributed by atoms with Crippen molar-refractivity contribution in [2.75, 3.05) is 38.2 Å². The highest BCUT2D eigenvalue weighted by atomic mass is 16.5. The number of piperazine rings is 1. The third-order valence-electron chi connectivity index (χ3n) is 3.77. The van der Waals surface area contributed by atoms with Crippen LogP contribution in [0.25, 0.3) is 0 Å². The lowest BCUT2D eigenvalue weighted by molar-refractivity contribution is -0.132. The highest BCUT2D eigenvalue weighted by molar-refractivity contribution is 5.81. The summed E-state index contributed by atoms with van der Waals surface area (Å²) in [6, 6.07) is 7.60. The van der Waals surface area contributed by atoms with E-state index in [-0.39, 0.29) is 11.9 Å². The van der Waals surface area contributed by atoms with Gasteiger partial charge in [-0.15, -0.1) is 0 Å². The summed E-state index contributed by atoms with van der Waals surface area (Å²) < 4.78 is 5.39. The smallest absolute Gasteiger partial charge is 0.239 e. The average molecular weight is 277 g/mol. The summed E-state index contributed by atoms with van der Waals surface area (Å²) in [5, 5.41) is 0. The van der Waals surface area contributed by atoms with Crippen molar-refractivity contribution in [3.63, 3.8) is 0 Å². The van der Waals surface area contributed by atoms with Crippen LogP contribution in [-0.2, 0) is 4.79 Å². The van der Waals surface area contributed by atoms with E-state index < -0.39 is 0 Å². The van der Waals surface area contributed by atoms with Crippen LogP contribution in [0, 0.1) is 0 Å². The lowest BCUT2D eigenvalue weighted by Crippen LogP contribution is -2.53. The number of carbonyl (C=O) groups is 1. The van der Waals surface area contributed by atoms with Crippen molar-refractivity contribution in [3.8, 4) is 5.75 Å². The topological polar surface area (TPSA) is 58.8 Å². The molecule has 5 nitrogen and oxygen atoms in total. The first-order chi connectivity index (χ1) is 9.67. The predicted molar refractivity (Wildman–Crippen MR) is 80.1 cm³/mol. The Morgan fingerprint density at radius 2 is 1.95 bits per heavy atom. The molecule has 1 atom stereocenters. The molecule has 0 saturated carbocycles. The summed E-state index contributed by atoms with van der Waals surface area (Å²) in [5.74, 6) is 0.935. The lowest BCUT2D eigenvalue weighted by Gasteiger charge is -2.37. The van der Waals surface area contributed by atoms with Crippen LogP contribution in [0.15, 0.2) is 24.3 Å². The number of nitrogens with zero attached hydrogens (tertiary/aromatic N) is 2. The minimum Gasteiger partial charge on any atom is -0.495 e. The Labute approximate surface area is 120 Å². The van der Waals surface area contributed by atoms with Gasteiger partial charge in [0.1, 0.15) is 5.75 Å². The van der Waals surface area contributed by atoms with Gasteiger partial charge in [-0.3, -0.25) is 4.79 Å². The average Bonchev–Trinajstić information content (AvgIpc) is 2.53. The van der Waals surface area contributed by atoms with Crippen molar-refractivity contribution in [2.45, 2.75) is 19.4 Å². The number of anilines is 1. The van der Waals surface area contributed by atoms with Gasteiger partial charge in [-0.25, -0.2) is 0 Å². The molecule has 1 aliphatic rings. The molecule has 0 aliphatic carbocycles. The van der Waals surface area contributed by atoms with Crippen molar-refractivity contribution in [2.24, 2.45) is 5.73 Å². The number of carbonyl (C=O) groups excluding carboxylic acids is 1. The van der Waals surface area contributed by atoms with Crippen molar-refractivity contribution < 1.29 is 9.53 Å². The van der Waals surface area contributed by atoms with E-state index in [0.29, 0.717) is 19.5 Å². The first-order valence-corrected chi connectivity index (χ1v) is 7.09. The molecule has 110 valence electrons. The molecule has 1 fully saturated rings. The van der Waals surface area contributed by atoms with Crippen molar-refractivity contribution in [1.82, 2.24) is 4.90 Å². The van der Waals surface area contributed by atoms with E-state index in [0.717, 1.165) is 24.5 Å². The number of benzene rings is 1. The van der Waals surface area contributed by atoms with Gasteiger partial charge in [0, 0.05) is 26.2 Å². The molecule has 0 unspecified atom stereocenters. The monoisotopic (exact) mass is 277 g/mol. The standard InChI is InChI=1S/C15H23N3O2/c1-3-12(16)15(19)18-10-8-17(9-11-18)13-6-4-5-7-14(13)20-2/h4-7,12H,3,8-11,16H2,1-2H3/t12-/m0/s1. The fourth-order valence-electron chi connectivity index (χ4n) is 2.47. The Bertz CT molecular complexity index is 456. The SMILES string of the molecule is CC[C@H](N)C(=O)N1CCN(c2ccccc2OC)CC1. The van der Waals surface area contributed by atoms with Crippen LogP contribution in [0.3, 0.4) is 0 Å². The van der Waals surface area contributed by atoms with E-state index in [1.54, 1.807) is 7.11 Å². The van der Waals surface area contributed by atoms with Gasteiger partial charge in [0.15, 0.2) is 0 Å². The third kappa shape index (κ3) is 3.04. The summed E-state index contributed by atoms with van der Waals surface area (Å²) in [7, 11) is 1.68. The molecular formula is C15H23N3O2. The Hall–Kier alpha value is -1.75. The van der Waals surface area contributed by atoms with E-state index in [1.165, 1.54) is 0 Å². The van der Waals surface area contributed by atoms with Crippen LogP contribution < -0.4 is 15.4 Å². The zero-order valence-electron chi connectivity index (χ0n) is 12.2. The number of hydrogen-bond donors (Lipinski definition) is 1. The number of methoxy groups -OCH3 is 1. The van der Waals surface area contributed by atoms with Crippen molar-refractivity contribution >= 4 is 11.6 Å². The molecule has 1 amide bonds. The van der Waals surface area contributed by atoms with Crippen molar-refractivity contribution in [3.05, 3.63) is 24.3 Å². The maximum Gasteiger partial charge on any atom is 0.239 e. The van der Waals surface area contributed by atoms with E-state index >= 15 is 0 Å². The van der Waals surface area contributed by atoms with E-state index in [2.05, 4.69) is 4.90 Å². The van der Waals surface area contributed by atoms with Crippen molar-refractivity contribution in [1.29, 1.82) is 0 Å². The van der Waals surface area contributed by atoms with Gasteiger partial charge in [0.05, 0.1) is 18.8 Å². The second-order valence-electron chi connectivity index (χ2n) is 5.00. The Kier molecular flexibility index (Phi) is 4.84. The quantitative estimate of drug-likeness (QED) is 0.895. The second kappa shape index (κ2) is 6.61. The minimum absolute atomic E-state index is 0.0622. The summed E-state index contributed by atoms with van der Waals surface area (Å²) in [6.45, 7) is 4.98. The Balaban J connectivity index is 1.99. The van der Waals surface area contributed by atoms with Gasteiger partial charge in [-0.05, 0) is 18.6 Å². The van der Waals surface area contributed by atoms with Crippen LogP contribution in [0.4, 0.5) is 5.69 Å². The zero-order valence-corrected chi connectivity index (χ0v) is 12.2. The van der Waals surface area contributed by atoms with E-state index in [4.69, 9.17) is 10.5 Å². The second-order valence-corrected chi connectivity index (χ2v) is 5.00. The molecule has 2 N–H and O–H groups in total. The number of para-hydroxylation sites is 2. The van der Waals surface area contributed by atoms with Crippen LogP contribution in [-0.4, -0.2) is 50.1 Å². The van der Waals surface area contributed by atoms with Gasteiger partial charge in [0.2, 0.25) is 5.91 Å². The molecule has 1 aromatic carbocycles. The van der Waals surface area contributed by atoms with Crippen LogP contribution in [0.1, 0.15) is 13.3 Å². The van der Waals surface area contributed by atoms with Gasteiger partial charge in [0.25, 0.3) is 0 Å². The van der Waals surface area contributed by atoms with E-state index in [1.807, 2.05) is 36.1 Å². The number of rotatable bonds is 4. The zero-order chi connectivity index (χ0) is 14.5. The van der Waals surface area contributed by atoms with Gasteiger partial charge in [-0.2, -0.15) is 0 Å². The third-order valence-corrected chi connectivity index (χ3v) is 3.77. The number of ether oxygens (including phenoxy) is 1. The molecule has 0 spiro atoms. The Morgan fingerprint density at radius 3 is 2.55 bits per heavy atom. The minimum atomic E-state index is -0.368. The molecule has 1 aromatic rings. The first-order valence-electron chi connectivity index (χ1n) is 7.09. The number of hydrogen-bond acceptors (Lipinski definition) is 4. The summed E-state index contributed by atoms with van der Waals surface area (Å²) in [5.41, 5.74) is 6.90. The van der Waals surface area contributed by atoms with Crippen LogP contribution in [0.2, 0.25) is 0 Å². The van der Waals surface area contributed by atoms with Crippen LogP contribution in [0.5, 0.6) is 5.75 Å². The maximum absolute atomic E-state index is 12.1. The van der Waals surface area contributed by atoms with Gasteiger partial charge in [-0.1, -0.05) is 19.1 Å². The molecule has 5 heteroatoms. The maximum atomic E-state index is 12.1.